The zero-order valence-electron chi connectivity index (χ0n) is 8.85. The van der Waals surface area contributed by atoms with Crippen molar-refractivity contribution in [2.45, 2.75) is 19.4 Å². The third kappa shape index (κ3) is 2.43. The summed E-state index contributed by atoms with van der Waals surface area (Å²) in [6, 6.07) is 1.84. The molecule has 0 saturated heterocycles. The van der Waals surface area contributed by atoms with E-state index in [0.717, 1.165) is 16.7 Å². The number of aliphatic hydroxyl groups is 1. The minimum Gasteiger partial charge on any atom is -0.388 e. The van der Waals surface area contributed by atoms with E-state index < -0.39 is 6.10 Å². The Morgan fingerprint density at radius 3 is 2.94 bits per heavy atom. The summed E-state index contributed by atoms with van der Waals surface area (Å²) in [4.78, 5) is 3.92. The first kappa shape index (κ1) is 11.6. The van der Waals surface area contributed by atoms with Crippen molar-refractivity contribution in [2.75, 3.05) is 0 Å². The minimum absolute atomic E-state index is 0.494. The molecule has 2 nitrogen and oxygen atoms in total. The van der Waals surface area contributed by atoms with Gasteiger partial charge in [0.05, 0.1) is 11.1 Å². The number of aryl methyl sites for hydroxylation is 1. The summed E-state index contributed by atoms with van der Waals surface area (Å²) in [5, 5.41) is 14.7. The van der Waals surface area contributed by atoms with Gasteiger partial charge in [0.1, 0.15) is 0 Å². The van der Waals surface area contributed by atoms with Crippen LogP contribution in [0.5, 0.6) is 0 Å². The smallest absolute Gasteiger partial charge is 0.0841 e. The maximum Gasteiger partial charge on any atom is 0.0841 e. The van der Waals surface area contributed by atoms with E-state index in [-0.39, 0.29) is 0 Å². The highest BCUT2D eigenvalue weighted by molar-refractivity contribution is 7.08. The van der Waals surface area contributed by atoms with Gasteiger partial charge in [-0.05, 0) is 40.4 Å². The molecule has 0 amide bonds. The first-order valence-corrected chi connectivity index (χ1v) is 6.29. The molecule has 1 unspecified atom stereocenters. The second-order valence-electron chi connectivity index (χ2n) is 3.70. The monoisotopic (exact) mass is 253 g/mol. The molecule has 0 bridgehead atoms. The predicted molar refractivity (Wildman–Crippen MR) is 67.0 cm³/mol. The zero-order valence-corrected chi connectivity index (χ0v) is 10.4. The van der Waals surface area contributed by atoms with Crippen molar-refractivity contribution in [3.8, 4) is 0 Å². The van der Waals surface area contributed by atoms with Gasteiger partial charge in [0, 0.05) is 18.8 Å². The number of aromatic nitrogens is 1. The van der Waals surface area contributed by atoms with E-state index in [1.165, 1.54) is 0 Å². The predicted octanol–water partition coefficient (Wildman–Crippen LogP) is 3.38. The molecule has 0 saturated carbocycles. The van der Waals surface area contributed by atoms with Crippen LogP contribution in [0.1, 0.15) is 22.8 Å². The summed E-state index contributed by atoms with van der Waals surface area (Å²) in [7, 11) is 0. The van der Waals surface area contributed by atoms with E-state index >= 15 is 0 Å². The van der Waals surface area contributed by atoms with Gasteiger partial charge < -0.3 is 5.11 Å². The Hall–Kier alpha value is -0.900. The van der Waals surface area contributed by atoms with Crippen molar-refractivity contribution in [3.63, 3.8) is 0 Å². The third-order valence-electron chi connectivity index (χ3n) is 2.52. The van der Waals surface area contributed by atoms with E-state index in [0.29, 0.717) is 11.4 Å². The Kier molecular flexibility index (Phi) is 3.59. The number of hydrogen-bond donors (Lipinski definition) is 1. The number of pyridine rings is 1. The molecule has 2 aromatic rings. The lowest BCUT2D eigenvalue weighted by molar-refractivity contribution is 0.178. The lowest BCUT2D eigenvalue weighted by Crippen LogP contribution is -2.02. The lowest BCUT2D eigenvalue weighted by atomic mass is 10.0. The van der Waals surface area contributed by atoms with Crippen LogP contribution < -0.4 is 0 Å². The van der Waals surface area contributed by atoms with E-state index in [1.54, 1.807) is 23.7 Å². The summed E-state index contributed by atoms with van der Waals surface area (Å²) in [6.07, 6.45) is 3.32. The number of nitrogens with zero attached hydrogens (tertiary/aromatic N) is 1. The standard InChI is InChI=1S/C12H12ClNOS/c1-8-6-16-7-10(8)12(15)4-9-2-3-14-5-11(9)13/h2-3,5-7,12,15H,4H2,1H3. The molecular formula is C12H12ClNOS. The van der Waals surface area contributed by atoms with Gasteiger partial charge in [-0.3, -0.25) is 4.98 Å². The summed E-state index contributed by atoms with van der Waals surface area (Å²) in [6.45, 7) is 2.00. The molecule has 2 heterocycles. The van der Waals surface area contributed by atoms with Crippen LogP contribution in [0.3, 0.4) is 0 Å². The maximum absolute atomic E-state index is 10.1. The van der Waals surface area contributed by atoms with E-state index in [2.05, 4.69) is 4.98 Å². The Labute approximate surface area is 104 Å². The SMILES string of the molecule is Cc1cscc1C(O)Cc1ccncc1Cl. The fourth-order valence-corrected chi connectivity index (χ4v) is 2.69. The molecule has 0 aromatic carbocycles. The van der Waals surface area contributed by atoms with E-state index in [1.807, 2.05) is 23.8 Å². The van der Waals surface area contributed by atoms with Crippen molar-refractivity contribution in [3.05, 3.63) is 50.9 Å². The lowest BCUT2D eigenvalue weighted by Gasteiger charge is -2.11. The van der Waals surface area contributed by atoms with Crippen molar-refractivity contribution < 1.29 is 5.11 Å². The summed E-state index contributed by atoms with van der Waals surface area (Å²) < 4.78 is 0. The van der Waals surface area contributed by atoms with Gasteiger partial charge in [0.15, 0.2) is 0 Å². The summed E-state index contributed by atoms with van der Waals surface area (Å²) in [5.74, 6) is 0. The van der Waals surface area contributed by atoms with Gasteiger partial charge in [-0.25, -0.2) is 0 Å². The number of halogens is 1. The highest BCUT2D eigenvalue weighted by Crippen LogP contribution is 2.26. The molecular weight excluding hydrogens is 242 g/mol. The van der Waals surface area contributed by atoms with Crippen molar-refractivity contribution >= 4 is 22.9 Å². The molecule has 0 aliphatic rings. The first-order chi connectivity index (χ1) is 7.68. The molecule has 0 aliphatic heterocycles. The third-order valence-corrected chi connectivity index (χ3v) is 3.74. The molecule has 84 valence electrons. The quantitative estimate of drug-likeness (QED) is 0.910. The molecule has 0 radical (unpaired) electrons. The first-order valence-electron chi connectivity index (χ1n) is 4.97. The van der Waals surface area contributed by atoms with Gasteiger partial charge >= 0.3 is 0 Å². The Morgan fingerprint density at radius 1 is 1.50 bits per heavy atom. The second kappa shape index (κ2) is 4.95. The van der Waals surface area contributed by atoms with Crippen LogP contribution >= 0.6 is 22.9 Å². The number of rotatable bonds is 3. The molecule has 0 aliphatic carbocycles. The fourth-order valence-electron chi connectivity index (χ4n) is 1.60. The van der Waals surface area contributed by atoms with Gasteiger partial charge in [-0.15, -0.1) is 0 Å². The molecule has 1 N–H and O–H groups in total. The van der Waals surface area contributed by atoms with Crippen molar-refractivity contribution in [1.82, 2.24) is 4.98 Å². The Balaban J connectivity index is 2.17. The van der Waals surface area contributed by atoms with Crippen LogP contribution in [-0.2, 0) is 6.42 Å². The van der Waals surface area contributed by atoms with Crippen LogP contribution in [-0.4, -0.2) is 10.1 Å². The van der Waals surface area contributed by atoms with Crippen LogP contribution in [0.15, 0.2) is 29.2 Å². The Bertz CT molecular complexity index is 483. The average Bonchev–Trinajstić information content (AvgIpc) is 2.68. The van der Waals surface area contributed by atoms with Crippen molar-refractivity contribution in [1.29, 1.82) is 0 Å². The largest absolute Gasteiger partial charge is 0.388 e. The molecule has 0 spiro atoms. The van der Waals surface area contributed by atoms with Crippen molar-refractivity contribution in [2.24, 2.45) is 0 Å². The normalized spacial score (nSPS) is 12.7. The number of thiophene rings is 1. The molecule has 4 heteroatoms. The molecule has 0 fully saturated rings. The summed E-state index contributed by atoms with van der Waals surface area (Å²) >= 11 is 7.60. The molecule has 2 rings (SSSR count). The van der Waals surface area contributed by atoms with Gasteiger partial charge in [-0.1, -0.05) is 11.6 Å². The topological polar surface area (TPSA) is 33.1 Å². The zero-order chi connectivity index (χ0) is 11.5. The van der Waals surface area contributed by atoms with Crippen LogP contribution in [0.4, 0.5) is 0 Å². The molecule has 1 atom stereocenters. The second-order valence-corrected chi connectivity index (χ2v) is 4.85. The van der Waals surface area contributed by atoms with Gasteiger partial charge in [0.2, 0.25) is 0 Å². The maximum atomic E-state index is 10.1. The van der Waals surface area contributed by atoms with Gasteiger partial charge in [0.25, 0.3) is 0 Å². The molecule has 2 aromatic heterocycles. The van der Waals surface area contributed by atoms with Crippen LogP contribution in [0.25, 0.3) is 0 Å². The van der Waals surface area contributed by atoms with Crippen LogP contribution in [0.2, 0.25) is 5.02 Å². The van der Waals surface area contributed by atoms with E-state index in [4.69, 9.17) is 11.6 Å². The van der Waals surface area contributed by atoms with Gasteiger partial charge in [-0.2, -0.15) is 11.3 Å². The fraction of sp³-hybridized carbons (Fsp3) is 0.250. The highest BCUT2D eigenvalue weighted by atomic mass is 35.5. The number of hydrogen-bond acceptors (Lipinski definition) is 3. The summed E-state index contributed by atoms with van der Waals surface area (Å²) in [5.41, 5.74) is 3.04. The highest BCUT2D eigenvalue weighted by Gasteiger charge is 2.13. The van der Waals surface area contributed by atoms with Crippen LogP contribution in [0, 0.1) is 6.92 Å². The number of aliphatic hydroxyl groups excluding tert-OH is 1. The molecule has 16 heavy (non-hydrogen) atoms. The van der Waals surface area contributed by atoms with E-state index in [9.17, 15) is 5.11 Å². The Morgan fingerprint density at radius 2 is 2.31 bits per heavy atom. The average molecular weight is 254 g/mol. The minimum atomic E-state index is -0.494.